The maximum Gasteiger partial charge on any atom is 0.465 e. The molecule has 7 atom stereocenters. The Balaban J connectivity index is 1.16. The molecule has 7 unspecified atom stereocenters. The van der Waals surface area contributed by atoms with Gasteiger partial charge in [0.2, 0.25) is 0 Å². The van der Waals surface area contributed by atoms with Crippen LogP contribution in [0.3, 0.4) is 0 Å². The summed E-state index contributed by atoms with van der Waals surface area (Å²) >= 11 is 0. The van der Waals surface area contributed by atoms with E-state index in [1.807, 2.05) is 0 Å². The van der Waals surface area contributed by atoms with Gasteiger partial charge in [-0.3, -0.25) is 14.1 Å². The van der Waals surface area contributed by atoms with Crippen LogP contribution in [0, 0.1) is 51.8 Å². The molecule has 4 bridgehead atoms. The monoisotopic (exact) mass is 816 g/mol. The molecule has 16 heteroatoms. The summed E-state index contributed by atoms with van der Waals surface area (Å²) in [5.74, 6) is -3.28. The van der Waals surface area contributed by atoms with Gasteiger partial charge in [0.05, 0.1) is 36.1 Å². The Bertz CT molecular complexity index is 1480. The minimum Gasteiger partial charge on any atom is -0.464 e. The minimum atomic E-state index is -6.03. The number of esters is 3. The largest absolute Gasteiger partial charge is 0.465 e. The molecule has 5 aliphatic carbocycles. The van der Waals surface area contributed by atoms with Crippen LogP contribution in [0.15, 0.2) is 0 Å². The van der Waals surface area contributed by atoms with Crippen LogP contribution in [0.25, 0.3) is 0 Å². The summed E-state index contributed by atoms with van der Waals surface area (Å²) in [6.45, 7) is -1.07. The average molecular weight is 817 g/mol. The Kier molecular flexibility index (Phi) is 13.6. The quantitative estimate of drug-likeness (QED) is 0.0828. The van der Waals surface area contributed by atoms with Crippen molar-refractivity contribution < 1.29 is 69.4 Å². The molecule has 0 aromatic rings. The van der Waals surface area contributed by atoms with Gasteiger partial charge in [0.25, 0.3) is 0 Å². The van der Waals surface area contributed by atoms with E-state index in [0.717, 1.165) is 83.2 Å². The number of fused-ring (bicyclic) bond motifs is 4. The number of rotatable bonds is 16. The highest BCUT2D eigenvalue weighted by Gasteiger charge is 2.55. The van der Waals surface area contributed by atoms with E-state index in [2.05, 4.69) is 4.74 Å². The lowest BCUT2D eigenvalue weighted by molar-refractivity contribution is -0.270. The number of hydrogen-bond acceptors (Lipinski definition) is 12. The highest BCUT2D eigenvalue weighted by Crippen LogP contribution is 2.53. The normalized spacial score (nSPS) is 35.7. The van der Waals surface area contributed by atoms with Crippen molar-refractivity contribution in [2.75, 3.05) is 33.0 Å². The van der Waals surface area contributed by atoms with Gasteiger partial charge in [0.15, 0.2) is 6.29 Å². The zero-order valence-electron chi connectivity index (χ0n) is 32.2. The fraction of sp³-hybridized carbons (Fsp3) is 0.875. The first-order chi connectivity index (χ1) is 26.6. The fourth-order valence-electron chi connectivity index (χ4n) is 11.1. The summed E-state index contributed by atoms with van der Waals surface area (Å²) in [5.41, 5.74) is -2.67. The van der Waals surface area contributed by atoms with Crippen molar-refractivity contribution in [2.45, 2.75) is 134 Å². The van der Waals surface area contributed by atoms with Crippen molar-refractivity contribution in [1.29, 1.82) is 0 Å². The van der Waals surface area contributed by atoms with E-state index < -0.39 is 68.3 Å². The van der Waals surface area contributed by atoms with Crippen molar-refractivity contribution in [3.8, 4) is 0 Å². The van der Waals surface area contributed by atoms with Crippen LogP contribution in [0.5, 0.6) is 0 Å². The van der Waals surface area contributed by atoms with Gasteiger partial charge in [-0.1, -0.05) is 57.8 Å². The molecule has 0 spiro atoms. The molecule has 1 heterocycles. The fourth-order valence-corrected chi connectivity index (χ4v) is 11.3. The second kappa shape index (κ2) is 17.7. The third kappa shape index (κ3) is 9.65. The standard InChI is InChI=1S/C40H58F2O13S/c41-40(42,56(48,49)50)36(47)51-13-10-32(16-27-6-2-1-3-7-27)33-52-23-37(24-53-33,25-54-34(45)38-11-4-8-28(17-38)14-30(19-38)21-43)26-55-35(46)39-12-5-9-29(18-39)15-31(20-39)22-44/h21-22,27-33H,1-20,23-26H2,(H,48,49,50). The Hall–Kier alpha value is -2.56. The van der Waals surface area contributed by atoms with Crippen molar-refractivity contribution >= 4 is 40.6 Å². The van der Waals surface area contributed by atoms with Crippen LogP contribution in [0.4, 0.5) is 8.78 Å². The van der Waals surface area contributed by atoms with E-state index in [0.29, 0.717) is 44.9 Å². The lowest BCUT2D eigenvalue weighted by Gasteiger charge is -2.47. The third-order valence-corrected chi connectivity index (χ3v) is 14.7. The molecule has 0 aromatic heterocycles. The summed E-state index contributed by atoms with van der Waals surface area (Å²) in [5, 5.41) is -5.12. The first-order valence-electron chi connectivity index (χ1n) is 20.6. The van der Waals surface area contributed by atoms with Gasteiger partial charge in [-0.15, -0.1) is 0 Å². The Morgan fingerprint density at radius 3 is 1.77 bits per heavy atom. The smallest absolute Gasteiger partial charge is 0.464 e. The van der Waals surface area contributed by atoms with Gasteiger partial charge in [0.1, 0.15) is 25.8 Å². The van der Waals surface area contributed by atoms with Gasteiger partial charge in [-0.25, -0.2) is 4.79 Å². The van der Waals surface area contributed by atoms with Crippen LogP contribution in [0.2, 0.25) is 0 Å². The molecule has 1 saturated heterocycles. The van der Waals surface area contributed by atoms with Crippen molar-refractivity contribution in [1.82, 2.24) is 0 Å². The van der Waals surface area contributed by atoms with Crippen molar-refractivity contribution in [3.63, 3.8) is 0 Å². The molecule has 0 radical (unpaired) electrons. The Labute approximate surface area is 327 Å². The van der Waals surface area contributed by atoms with Gasteiger partial charge in [-0.05, 0) is 82.0 Å². The Morgan fingerprint density at radius 2 is 1.29 bits per heavy atom. The summed E-state index contributed by atoms with van der Waals surface area (Å²) in [6.07, 6.45) is 15.1. The lowest BCUT2D eigenvalue weighted by Crippen LogP contribution is -2.52. The van der Waals surface area contributed by atoms with Gasteiger partial charge >= 0.3 is 33.3 Å². The molecular weight excluding hydrogens is 758 g/mol. The predicted octanol–water partition coefficient (Wildman–Crippen LogP) is 6.00. The maximum absolute atomic E-state index is 14.0. The van der Waals surface area contributed by atoms with Crippen molar-refractivity contribution in [2.24, 2.45) is 51.8 Å². The number of ether oxygens (including phenoxy) is 5. The maximum atomic E-state index is 14.0. The van der Waals surface area contributed by atoms with Gasteiger partial charge in [-0.2, -0.15) is 17.2 Å². The number of alkyl halides is 2. The molecule has 0 amide bonds. The first kappa shape index (κ1) is 43.0. The number of aldehydes is 2. The van der Waals surface area contributed by atoms with Gasteiger partial charge < -0.3 is 33.3 Å². The van der Waals surface area contributed by atoms with E-state index in [4.69, 9.17) is 23.5 Å². The molecule has 1 N–H and O–H groups in total. The number of hydrogen-bond donors (Lipinski definition) is 1. The summed E-state index contributed by atoms with van der Waals surface area (Å²) in [7, 11) is -6.03. The highest BCUT2D eigenvalue weighted by molar-refractivity contribution is 7.87. The molecule has 5 saturated carbocycles. The molecular formula is C40H58F2O13S. The highest BCUT2D eigenvalue weighted by atomic mass is 32.2. The average Bonchev–Trinajstić information content (AvgIpc) is 3.18. The predicted molar refractivity (Wildman–Crippen MR) is 193 cm³/mol. The number of halogens is 2. The number of carbonyl (C=O) groups is 5. The van der Waals surface area contributed by atoms with E-state index in [-0.39, 0.29) is 62.4 Å². The van der Waals surface area contributed by atoms with Crippen molar-refractivity contribution in [3.05, 3.63) is 0 Å². The van der Waals surface area contributed by atoms with E-state index in [1.165, 1.54) is 0 Å². The molecule has 56 heavy (non-hydrogen) atoms. The molecule has 6 fully saturated rings. The van der Waals surface area contributed by atoms with Crippen LogP contribution < -0.4 is 0 Å². The molecule has 6 rings (SSSR count). The summed E-state index contributed by atoms with van der Waals surface area (Å²) in [6, 6.07) is 0. The third-order valence-electron chi connectivity index (χ3n) is 13.9. The SMILES string of the molecule is O=CC1CC2CCCC(C(=O)OCC3(COC(=O)C45CCCC(CC(C=O)C4)C5)COC(C(CCOC(=O)C(F)(F)S(=O)(=O)O)CC4CCCCC4)OC3)(C1)C2. The van der Waals surface area contributed by atoms with Gasteiger partial charge in [0, 0.05) is 17.8 Å². The summed E-state index contributed by atoms with van der Waals surface area (Å²) in [4.78, 5) is 63.6. The number of carbonyl (C=O) groups excluding carboxylic acids is 5. The Morgan fingerprint density at radius 1 is 0.768 bits per heavy atom. The van der Waals surface area contributed by atoms with Crippen LogP contribution in [-0.2, 0) is 57.8 Å². The van der Waals surface area contributed by atoms with E-state index in [1.54, 1.807) is 0 Å². The summed E-state index contributed by atoms with van der Waals surface area (Å²) < 4.78 is 88.3. The topological polar surface area (TPSA) is 186 Å². The second-order valence-electron chi connectivity index (χ2n) is 18.2. The molecule has 316 valence electrons. The zero-order valence-corrected chi connectivity index (χ0v) is 33.0. The first-order valence-corrected chi connectivity index (χ1v) is 22.1. The molecule has 13 nitrogen and oxygen atoms in total. The van der Waals surface area contributed by atoms with Crippen LogP contribution in [-0.4, -0.2) is 88.0 Å². The van der Waals surface area contributed by atoms with Crippen LogP contribution >= 0.6 is 0 Å². The molecule has 0 aromatic carbocycles. The van der Waals surface area contributed by atoms with E-state index >= 15 is 0 Å². The lowest BCUT2D eigenvalue weighted by atomic mass is 9.59. The second-order valence-corrected chi connectivity index (χ2v) is 19.7. The zero-order chi connectivity index (χ0) is 40.2. The molecule has 6 aliphatic rings. The van der Waals surface area contributed by atoms with Crippen LogP contribution in [0.1, 0.15) is 122 Å². The van der Waals surface area contributed by atoms with E-state index in [9.17, 15) is 41.2 Å². The molecule has 1 aliphatic heterocycles. The minimum absolute atomic E-state index is 0.00535.